The molecule has 0 unspecified atom stereocenters. The monoisotopic (exact) mass is 340 g/mol. The first-order valence-corrected chi connectivity index (χ1v) is 7.23. The Bertz CT molecular complexity index is 647. The number of ether oxygens (including phenoxy) is 1. The van der Waals surface area contributed by atoms with Crippen LogP contribution in [0.1, 0.15) is 18.5 Å². The van der Waals surface area contributed by atoms with Crippen LogP contribution in [0.2, 0.25) is 0 Å². The molecule has 3 nitrogen and oxygen atoms in total. The third-order valence-electron chi connectivity index (χ3n) is 3.05. The molecule has 0 amide bonds. The molecule has 0 bridgehead atoms. The van der Waals surface area contributed by atoms with Crippen LogP contribution in [0.4, 0.5) is 18.9 Å². The molecule has 122 valence electrons. The summed E-state index contributed by atoms with van der Waals surface area (Å²) >= 11 is 5.19. The summed E-state index contributed by atoms with van der Waals surface area (Å²) in [6.45, 7) is -0.964. The number of rotatable bonds is 5. The quantitative estimate of drug-likeness (QED) is 0.787. The molecule has 2 aromatic rings. The molecule has 0 heterocycles. The fraction of sp³-hybridized carbons (Fsp3) is 0.188. The SMILES string of the molecule is C[C@@H](NC(=S)Nc1ccc(OC(F)F)cc1)c1ccc(F)cc1. The predicted octanol–water partition coefficient (Wildman–Crippen LogP) is 4.47. The summed E-state index contributed by atoms with van der Waals surface area (Å²) < 4.78 is 41.3. The zero-order valence-corrected chi connectivity index (χ0v) is 13.0. The Morgan fingerprint density at radius 1 is 1.04 bits per heavy atom. The summed E-state index contributed by atoms with van der Waals surface area (Å²) in [5.74, 6) is -0.225. The van der Waals surface area contributed by atoms with Crippen LogP contribution in [0.5, 0.6) is 5.75 Å². The van der Waals surface area contributed by atoms with Crippen molar-refractivity contribution in [3.63, 3.8) is 0 Å². The molecular formula is C16H15F3N2OS. The first kappa shape index (κ1) is 17.1. The molecule has 0 aromatic heterocycles. The Balaban J connectivity index is 1.90. The van der Waals surface area contributed by atoms with Crippen molar-refractivity contribution in [1.29, 1.82) is 0 Å². The molecule has 2 N–H and O–H groups in total. The van der Waals surface area contributed by atoms with E-state index >= 15 is 0 Å². The summed E-state index contributed by atoms with van der Waals surface area (Å²) in [5, 5.41) is 6.36. The largest absolute Gasteiger partial charge is 0.435 e. The van der Waals surface area contributed by atoms with Crippen LogP contribution < -0.4 is 15.4 Å². The molecule has 23 heavy (non-hydrogen) atoms. The van der Waals surface area contributed by atoms with Gasteiger partial charge in [0.05, 0.1) is 6.04 Å². The van der Waals surface area contributed by atoms with Gasteiger partial charge < -0.3 is 15.4 Å². The fourth-order valence-electron chi connectivity index (χ4n) is 1.92. The average molecular weight is 340 g/mol. The van der Waals surface area contributed by atoms with E-state index in [0.717, 1.165) is 5.56 Å². The minimum Gasteiger partial charge on any atom is -0.435 e. The van der Waals surface area contributed by atoms with E-state index < -0.39 is 6.61 Å². The van der Waals surface area contributed by atoms with Crippen molar-refractivity contribution in [1.82, 2.24) is 5.32 Å². The van der Waals surface area contributed by atoms with E-state index in [1.165, 1.54) is 24.3 Å². The number of hydrogen-bond donors (Lipinski definition) is 2. The number of halogens is 3. The van der Waals surface area contributed by atoms with Crippen molar-refractivity contribution in [2.45, 2.75) is 19.6 Å². The smallest absolute Gasteiger partial charge is 0.387 e. The van der Waals surface area contributed by atoms with Gasteiger partial charge in [0.2, 0.25) is 0 Å². The fourth-order valence-corrected chi connectivity index (χ4v) is 2.21. The third-order valence-corrected chi connectivity index (χ3v) is 3.27. The van der Waals surface area contributed by atoms with Gasteiger partial charge in [-0.15, -0.1) is 0 Å². The molecule has 0 radical (unpaired) electrons. The van der Waals surface area contributed by atoms with Gasteiger partial charge in [-0.1, -0.05) is 12.1 Å². The Hall–Kier alpha value is -2.28. The number of anilines is 1. The van der Waals surface area contributed by atoms with E-state index in [1.54, 1.807) is 24.3 Å². The van der Waals surface area contributed by atoms with Crippen molar-refractivity contribution in [2.24, 2.45) is 0 Å². The summed E-state index contributed by atoms with van der Waals surface area (Å²) in [4.78, 5) is 0. The Kier molecular flexibility index (Phi) is 5.81. The lowest BCUT2D eigenvalue weighted by atomic mass is 10.1. The molecule has 0 saturated heterocycles. The molecule has 2 rings (SSSR count). The Labute approximate surface area is 137 Å². The lowest BCUT2D eigenvalue weighted by molar-refractivity contribution is -0.0498. The Morgan fingerprint density at radius 2 is 1.65 bits per heavy atom. The van der Waals surface area contributed by atoms with Gasteiger partial charge in [0.25, 0.3) is 0 Å². The molecule has 0 aliphatic carbocycles. The summed E-state index contributed by atoms with van der Waals surface area (Å²) in [6, 6.07) is 12.0. The van der Waals surface area contributed by atoms with Gasteiger partial charge in [0, 0.05) is 5.69 Å². The topological polar surface area (TPSA) is 33.3 Å². The number of hydrogen-bond acceptors (Lipinski definition) is 2. The number of thiocarbonyl (C=S) groups is 1. The highest BCUT2D eigenvalue weighted by Crippen LogP contribution is 2.18. The highest BCUT2D eigenvalue weighted by atomic mass is 32.1. The van der Waals surface area contributed by atoms with E-state index in [0.29, 0.717) is 10.8 Å². The van der Waals surface area contributed by atoms with Gasteiger partial charge in [0.1, 0.15) is 11.6 Å². The third kappa shape index (κ3) is 5.45. The van der Waals surface area contributed by atoms with Gasteiger partial charge in [0.15, 0.2) is 5.11 Å². The van der Waals surface area contributed by atoms with Gasteiger partial charge in [-0.25, -0.2) is 4.39 Å². The second-order valence-corrected chi connectivity index (χ2v) is 5.18. The average Bonchev–Trinajstić information content (AvgIpc) is 2.49. The molecule has 0 aliphatic rings. The zero-order valence-electron chi connectivity index (χ0n) is 12.2. The first-order valence-electron chi connectivity index (χ1n) is 6.82. The highest BCUT2D eigenvalue weighted by molar-refractivity contribution is 7.80. The van der Waals surface area contributed by atoms with E-state index in [1.807, 2.05) is 6.92 Å². The van der Waals surface area contributed by atoms with Crippen molar-refractivity contribution >= 4 is 23.0 Å². The minimum absolute atomic E-state index is 0.0732. The summed E-state index contributed by atoms with van der Waals surface area (Å²) in [6.07, 6.45) is 0. The van der Waals surface area contributed by atoms with Crippen molar-refractivity contribution in [3.8, 4) is 5.75 Å². The second-order valence-electron chi connectivity index (χ2n) is 4.77. The van der Waals surface area contributed by atoms with E-state index in [2.05, 4.69) is 15.4 Å². The molecule has 0 aliphatic heterocycles. The molecule has 0 fully saturated rings. The van der Waals surface area contributed by atoms with Gasteiger partial charge in [-0.05, 0) is 61.1 Å². The van der Waals surface area contributed by atoms with Crippen LogP contribution in [-0.4, -0.2) is 11.7 Å². The molecular weight excluding hydrogens is 325 g/mol. The van der Waals surface area contributed by atoms with Crippen LogP contribution in [0.3, 0.4) is 0 Å². The maximum atomic E-state index is 12.9. The van der Waals surface area contributed by atoms with Gasteiger partial charge in [-0.3, -0.25) is 0 Å². The van der Waals surface area contributed by atoms with Crippen LogP contribution in [0.15, 0.2) is 48.5 Å². The van der Waals surface area contributed by atoms with Crippen LogP contribution >= 0.6 is 12.2 Å². The van der Waals surface area contributed by atoms with E-state index in [9.17, 15) is 13.2 Å². The van der Waals surface area contributed by atoms with E-state index in [-0.39, 0.29) is 17.6 Å². The molecule has 1 atom stereocenters. The second kappa shape index (κ2) is 7.82. The maximum absolute atomic E-state index is 12.9. The van der Waals surface area contributed by atoms with Crippen molar-refractivity contribution < 1.29 is 17.9 Å². The standard InChI is InChI=1S/C16H15F3N2OS/c1-10(11-2-4-12(17)5-3-11)20-16(23)21-13-6-8-14(9-7-13)22-15(18)19/h2-10,15H,1H3,(H2,20,21,23)/t10-/m1/s1. The zero-order chi connectivity index (χ0) is 16.8. The summed E-state index contributed by atoms with van der Waals surface area (Å²) in [5.41, 5.74) is 1.52. The molecule has 0 spiro atoms. The van der Waals surface area contributed by atoms with Gasteiger partial charge >= 0.3 is 6.61 Å². The predicted molar refractivity (Wildman–Crippen MR) is 87.2 cm³/mol. The molecule has 7 heteroatoms. The first-order chi connectivity index (χ1) is 10.9. The van der Waals surface area contributed by atoms with Crippen LogP contribution in [-0.2, 0) is 0 Å². The van der Waals surface area contributed by atoms with Crippen LogP contribution in [0, 0.1) is 5.82 Å². The summed E-state index contributed by atoms with van der Waals surface area (Å²) in [7, 11) is 0. The Morgan fingerprint density at radius 3 is 2.22 bits per heavy atom. The lowest BCUT2D eigenvalue weighted by Crippen LogP contribution is -2.30. The number of nitrogens with one attached hydrogen (secondary N) is 2. The number of benzene rings is 2. The van der Waals surface area contributed by atoms with Crippen molar-refractivity contribution in [3.05, 3.63) is 59.9 Å². The van der Waals surface area contributed by atoms with Crippen molar-refractivity contribution in [2.75, 3.05) is 5.32 Å². The normalized spacial score (nSPS) is 11.9. The molecule has 0 saturated carbocycles. The minimum atomic E-state index is -2.85. The van der Waals surface area contributed by atoms with Crippen LogP contribution in [0.25, 0.3) is 0 Å². The lowest BCUT2D eigenvalue weighted by Gasteiger charge is -2.17. The maximum Gasteiger partial charge on any atom is 0.387 e. The highest BCUT2D eigenvalue weighted by Gasteiger charge is 2.08. The van der Waals surface area contributed by atoms with Gasteiger partial charge in [-0.2, -0.15) is 8.78 Å². The molecule has 2 aromatic carbocycles. The number of alkyl halides is 2. The van der Waals surface area contributed by atoms with E-state index in [4.69, 9.17) is 12.2 Å².